The fourth-order valence-electron chi connectivity index (χ4n) is 3.78. The van der Waals surface area contributed by atoms with Crippen molar-refractivity contribution in [3.63, 3.8) is 0 Å². The minimum absolute atomic E-state index is 0.0201. The first kappa shape index (κ1) is 22.5. The first-order valence-corrected chi connectivity index (χ1v) is 10.6. The number of aromatic amines is 1. The number of hydrogen-bond donors (Lipinski definition) is 1. The lowest BCUT2D eigenvalue weighted by atomic mass is 10.1. The molecule has 0 aliphatic carbocycles. The van der Waals surface area contributed by atoms with Gasteiger partial charge in [-0.2, -0.15) is 0 Å². The predicted octanol–water partition coefficient (Wildman–Crippen LogP) is 4.93. The van der Waals surface area contributed by atoms with Crippen molar-refractivity contribution < 1.29 is 14.5 Å². The smallest absolute Gasteiger partial charge is 0.340 e. The van der Waals surface area contributed by atoms with E-state index in [4.69, 9.17) is 4.74 Å². The van der Waals surface area contributed by atoms with Crippen molar-refractivity contribution in [2.45, 2.75) is 40.7 Å². The number of nitrogens with one attached hydrogen (secondary N) is 1. The molecule has 0 bridgehead atoms. The van der Waals surface area contributed by atoms with E-state index in [2.05, 4.69) is 35.9 Å². The number of fused-ring (bicyclic) bond motifs is 1. The highest BCUT2D eigenvalue weighted by Crippen LogP contribution is 2.26. The highest BCUT2D eigenvalue weighted by atomic mass is 16.6. The Morgan fingerprint density at radius 1 is 1.10 bits per heavy atom. The van der Waals surface area contributed by atoms with Crippen LogP contribution in [0.15, 0.2) is 36.4 Å². The molecule has 2 aromatic carbocycles. The van der Waals surface area contributed by atoms with E-state index < -0.39 is 10.9 Å². The maximum atomic E-state index is 12.9. The highest BCUT2D eigenvalue weighted by Gasteiger charge is 2.19. The summed E-state index contributed by atoms with van der Waals surface area (Å²) in [5.74, 6) is -0.437. The summed E-state index contributed by atoms with van der Waals surface area (Å²) < 4.78 is 5.52. The summed E-state index contributed by atoms with van der Waals surface area (Å²) in [6, 6.07) is 11.0. The number of hydrogen-bond acceptors (Lipinski definition) is 5. The first-order chi connectivity index (χ1) is 14.8. The van der Waals surface area contributed by atoms with Gasteiger partial charge >= 0.3 is 5.97 Å². The largest absolute Gasteiger partial charge is 0.457 e. The van der Waals surface area contributed by atoms with Crippen molar-refractivity contribution in [2.75, 3.05) is 19.6 Å². The monoisotopic (exact) mass is 423 g/mol. The van der Waals surface area contributed by atoms with Gasteiger partial charge in [-0.1, -0.05) is 32.0 Å². The number of likely N-dealkylation sites (N-methyl/N-ethyl adjacent to an activating group) is 1. The van der Waals surface area contributed by atoms with Crippen molar-refractivity contribution in [1.82, 2.24) is 9.88 Å². The SMILES string of the molecule is CCN(CC)CCc1ccc2[nH]c(C)c(C(=O)OCc3ccc(C)c([N+](=O)[O-])c3)c2c1. The van der Waals surface area contributed by atoms with Crippen molar-refractivity contribution in [2.24, 2.45) is 0 Å². The van der Waals surface area contributed by atoms with Crippen LogP contribution in [0.5, 0.6) is 0 Å². The number of rotatable bonds is 9. The molecule has 1 N–H and O–H groups in total. The molecular formula is C24H29N3O4. The Morgan fingerprint density at radius 3 is 2.48 bits per heavy atom. The van der Waals surface area contributed by atoms with Crippen LogP contribution in [0, 0.1) is 24.0 Å². The number of carbonyl (C=O) groups excluding carboxylic acids is 1. The topological polar surface area (TPSA) is 88.5 Å². The summed E-state index contributed by atoms with van der Waals surface area (Å²) in [6.07, 6.45) is 0.906. The van der Waals surface area contributed by atoms with Gasteiger partial charge in [-0.25, -0.2) is 4.79 Å². The Hall–Kier alpha value is -3.19. The maximum absolute atomic E-state index is 12.9. The van der Waals surface area contributed by atoms with Crippen molar-refractivity contribution in [1.29, 1.82) is 0 Å². The Balaban J connectivity index is 1.78. The lowest BCUT2D eigenvalue weighted by molar-refractivity contribution is -0.385. The fraction of sp³-hybridized carbons (Fsp3) is 0.375. The molecule has 3 aromatic rings. The van der Waals surface area contributed by atoms with Gasteiger partial charge in [0.15, 0.2) is 0 Å². The molecule has 0 radical (unpaired) electrons. The standard InChI is InChI=1S/C24H29N3O4/c1-5-26(6-2)12-11-18-9-10-21-20(13-18)23(17(4)25-21)24(28)31-15-19-8-7-16(3)22(14-19)27(29)30/h7-10,13-14,25H,5-6,11-12,15H2,1-4H3. The normalized spacial score (nSPS) is 11.3. The van der Waals surface area contributed by atoms with Gasteiger partial charge in [0.2, 0.25) is 0 Å². The number of nitro groups is 1. The van der Waals surface area contributed by atoms with Crippen LogP contribution >= 0.6 is 0 Å². The Bertz CT molecular complexity index is 1100. The van der Waals surface area contributed by atoms with Gasteiger partial charge < -0.3 is 14.6 Å². The third-order valence-electron chi connectivity index (χ3n) is 5.71. The first-order valence-electron chi connectivity index (χ1n) is 10.6. The van der Waals surface area contributed by atoms with E-state index in [-0.39, 0.29) is 12.3 Å². The number of aryl methyl sites for hydroxylation is 2. The van der Waals surface area contributed by atoms with Crippen molar-refractivity contribution in [3.05, 3.63) is 74.5 Å². The van der Waals surface area contributed by atoms with Crippen LogP contribution in [0.1, 0.15) is 46.6 Å². The van der Waals surface area contributed by atoms with E-state index in [0.717, 1.165) is 42.7 Å². The van der Waals surface area contributed by atoms with E-state index in [1.165, 1.54) is 11.6 Å². The molecular weight excluding hydrogens is 394 g/mol. The molecule has 0 amide bonds. The minimum Gasteiger partial charge on any atom is -0.457 e. The van der Waals surface area contributed by atoms with Crippen LogP contribution in [0.25, 0.3) is 10.9 Å². The van der Waals surface area contributed by atoms with Gasteiger partial charge in [-0.15, -0.1) is 0 Å². The summed E-state index contributed by atoms with van der Waals surface area (Å²) in [4.78, 5) is 29.2. The summed E-state index contributed by atoms with van der Waals surface area (Å²) in [7, 11) is 0. The zero-order valence-electron chi connectivity index (χ0n) is 18.5. The summed E-state index contributed by atoms with van der Waals surface area (Å²) in [5.41, 5.74) is 4.50. The molecule has 0 saturated carbocycles. The van der Waals surface area contributed by atoms with Gasteiger partial charge in [-0.3, -0.25) is 10.1 Å². The van der Waals surface area contributed by atoms with E-state index in [0.29, 0.717) is 16.7 Å². The average Bonchev–Trinajstić information content (AvgIpc) is 3.08. The second kappa shape index (κ2) is 9.75. The third-order valence-corrected chi connectivity index (χ3v) is 5.71. The third kappa shape index (κ3) is 5.11. The van der Waals surface area contributed by atoms with Crippen LogP contribution in [0.3, 0.4) is 0 Å². The van der Waals surface area contributed by atoms with Crippen LogP contribution in [-0.4, -0.2) is 40.4 Å². The molecule has 3 rings (SSSR count). The Labute approximate surface area is 182 Å². The number of carbonyl (C=O) groups is 1. The van der Waals surface area contributed by atoms with E-state index in [1.54, 1.807) is 19.1 Å². The van der Waals surface area contributed by atoms with Crippen molar-refractivity contribution in [3.8, 4) is 0 Å². The van der Waals surface area contributed by atoms with E-state index in [9.17, 15) is 14.9 Å². The van der Waals surface area contributed by atoms with E-state index >= 15 is 0 Å². The zero-order chi connectivity index (χ0) is 22.5. The predicted molar refractivity (Wildman–Crippen MR) is 121 cm³/mol. The average molecular weight is 424 g/mol. The Morgan fingerprint density at radius 2 is 1.81 bits per heavy atom. The molecule has 7 heteroatoms. The maximum Gasteiger partial charge on any atom is 0.340 e. The number of benzene rings is 2. The molecule has 0 atom stereocenters. The molecule has 0 saturated heterocycles. The lowest BCUT2D eigenvalue weighted by Gasteiger charge is -2.17. The number of nitro benzene ring substituents is 1. The molecule has 31 heavy (non-hydrogen) atoms. The molecule has 1 heterocycles. The number of esters is 1. The fourth-order valence-corrected chi connectivity index (χ4v) is 3.78. The van der Waals surface area contributed by atoms with Crippen LogP contribution in [0.2, 0.25) is 0 Å². The van der Waals surface area contributed by atoms with Gasteiger partial charge in [0.1, 0.15) is 6.61 Å². The summed E-state index contributed by atoms with van der Waals surface area (Å²) in [6.45, 7) is 10.8. The quantitative estimate of drug-likeness (QED) is 0.299. The van der Waals surface area contributed by atoms with Crippen LogP contribution in [0.4, 0.5) is 5.69 Å². The number of H-pyrrole nitrogens is 1. The molecule has 1 aromatic heterocycles. The molecule has 0 aliphatic rings. The van der Waals surface area contributed by atoms with Gasteiger partial charge in [-0.05, 0) is 56.6 Å². The summed E-state index contributed by atoms with van der Waals surface area (Å²) >= 11 is 0. The van der Waals surface area contributed by atoms with Crippen LogP contribution in [-0.2, 0) is 17.8 Å². The molecule has 0 aliphatic heterocycles. The lowest BCUT2D eigenvalue weighted by Crippen LogP contribution is -2.25. The van der Waals surface area contributed by atoms with Gasteiger partial charge in [0, 0.05) is 34.8 Å². The molecule has 0 spiro atoms. The second-order valence-electron chi connectivity index (χ2n) is 7.74. The number of nitrogens with zero attached hydrogens (tertiary/aromatic N) is 2. The summed E-state index contributed by atoms with van der Waals surface area (Å²) in [5, 5.41) is 12.0. The highest BCUT2D eigenvalue weighted by molar-refractivity contribution is 6.05. The molecule has 164 valence electrons. The zero-order valence-corrected chi connectivity index (χ0v) is 18.5. The van der Waals surface area contributed by atoms with E-state index in [1.807, 2.05) is 13.0 Å². The number of ether oxygens (including phenoxy) is 1. The van der Waals surface area contributed by atoms with Gasteiger partial charge in [0.05, 0.1) is 10.5 Å². The van der Waals surface area contributed by atoms with Gasteiger partial charge in [0.25, 0.3) is 5.69 Å². The molecule has 0 unspecified atom stereocenters. The van der Waals surface area contributed by atoms with Crippen LogP contribution < -0.4 is 0 Å². The minimum atomic E-state index is -0.437. The Kier molecular flexibility index (Phi) is 7.07. The molecule has 0 fully saturated rings. The molecule has 7 nitrogen and oxygen atoms in total. The van der Waals surface area contributed by atoms with Crippen molar-refractivity contribution >= 4 is 22.6 Å². The number of aromatic nitrogens is 1. The second-order valence-corrected chi connectivity index (χ2v) is 7.74.